The van der Waals surface area contributed by atoms with E-state index in [0.717, 1.165) is 37.0 Å². The van der Waals surface area contributed by atoms with Gasteiger partial charge in [-0.2, -0.15) is 0 Å². The fourth-order valence-electron chi connectivity index (χ4n) is 6.09. The topological polar surface area (TPSA) is 38.8 Å². The molecule has 2 heterocycles. The van der Waals surface area contributed by atoms with Gasteiger partial charge in [0.25, 0.3) is 0 Å². The molecule has 34 heavy (non-hydrogen) atoms. The second-order valence-corrected chi connectivity index (χ2v) is 9.46. The van der Waals surface area contributed by atoms with Gasteiger partial charge >= 0.3 is 6.09 Å². The molecule has 1 fully saturated rings. The minimum Gasteiger partial charge on any atom is -0.496 e. The number of para-hydroxylation sites is 1. The number of rotatable bonds is 4. The van der Waals surface area contributed by atoms with Crippen molar-refractivity contribution in [3.05, 3.63) is 95.6 Å². The van der Waals surface area contributed by atoms with Crippen LogP contribution in [0.5, 0.6) is 5.75 Å². The van der Waals surface area contributed by atoms with Crippen molar-refractivity contribution in [1.29, 1.82) is 0 Å². The maximum absolute atomic E-state index is 13.4. The number of fused-ring (bicyclic) bond motifs is 5. The van der Waals surface area contributed by atoms with Crippen LogP contribution in [0.1, 0.15) is 48.3 Å². The third-order valence-corrected chi connectivity index (χ3v) is 7.64. The molecular weight excluding hydrogens is 422 g/mol. The molecule has 2 aliphatic heterocycles. The first-order chi connectivity index (χ1) is 16.7. The van der Waals surface area contributed by atoms with Crippen LogP contribution in [-0.4, -0.2) is 36.8 Å². The van der Waals surface area contributed by atoms with Crippen LogP contribution in [0.2, 0.25) is 0 Å². The molecule has 0 aromatic heterocycles. The van der Waals surface area contributed by atoms with E-state index in [2.05, 4.69) is 60.7 Å². The summed E-state index contributed by atoms with van der Waals surface area (Å²) in [6.07, 6.45) is 6.02. The van der Waals surface area contributed by atoms with Crippen molar-refractivity contribution in [3.63, 3.8) is 0 Å². The fraction of sp³-hybridized carbons (Fsp3) is 0.300. The maximum Gasteiger partial charge on any atom is 0.410 e. The lowest BCUT2D eigenvalue weighted by Gasteiger charge is -2.44. The van der Waals surface area contributed by atoms with Gasteiger partial charge in [-0.15, -0.1) is 0 Å². The van der Waals surface area contributed by atoms with Crippen LogP contribution in [0.15, 0.2) is 78.9 Å². The van der Waals surface area contributed by atoms with Crippen LogP contribution in [0.25, 0.3) is 16.7 Å². The molecule has 0 saturated carbocycles. The number of amides is 1. The number of ether oxygens (including phenoxy) is 2. The van der Waals surface area contributed by atoms with Gasteiger partial charge in [0.15, 0.2) is 0 Å². The SMILES string of the molecule is COc1ccccc1C1=CC2CCCC(C1)N2C(=O)OCC1c2ccccc2-c2ccccc21. The minimum atomic E-state index is -0.188. The van der Waals surface area contributed by atoms with Crippen molar-refractivity contribution in [3.8, 4) is 16.9 Å². The predicted molar refractivity (Wildman–Crippen MR) is 134 cm³/mol. The Morgan fingerprint density at radius 1 is 0.882 bits per heavy atom. The van der Waals surface area contributed by atoms with Gasteiger partial charge in [-0.3, -0.25) is 4.90 Å². The Labute approximate surface area is 200 Å². The monoisotopic (exact) mass is 451 g/mol. The fourth-order valence-corrected chi connectivity index (χ4v) is 6.09. The summed E-state index contributed by atoms with van der Waals surface area (Å²) in [6, 6.07) is 25.3. The number of carbonyl (C=O) groups is 1. The number of hydrogen-bond donors (Lipinski definition) is 0. The van der Waals surface area contributed by atoms with Crippen molar-refractivity contribution < 1.29 is 14.3 Å². The third-order valence-electron chi connectivity index (χ3n) is 7.64. The number of benzene rings is 3. The van der Waals surface area contributed by atoms with E-state index in [0.29, 0.717) is 6.61 Å². The van der Waals surface area contributed by atoms with E-state index in [4.69, 9.17) is 9.47 Å². The molecule has 3 aliphatic rings. The highest BCUT2D eigenvalue weighted by molar-refractivity contribution is 5.80. The highest BCUT2D eigenvalue weighted by atomic mass is 16.6. The average molecular weight is 452 g/mol. The van der Waals surface area contributed by atoms with E-state index in [-0.39, 0.29) is 24.1 Å². The lowest BCUT2D eigenvalue weighted by atomic mass is 9.83. The molecule has 172 valence electrons. The van der Waals surface area contributed by atoms with Gasteiger partial charge in [-0.1, -0.05) is 72.8 Å². The van der Waals surface area contributed by atoms with Gasteiger partial charge in [-0.25, -0.2) is 4.79 Å². The van der Waals surface area contributed by atoms with E-state index in [1.165, 1.54) is 27.8 Å². The van der Waals surface area contributed by atoms with Gasteiger partial charge in [0, 0.05) is 17.5 Å². The summed E-state index contributed by atoms with van der Waals surface area (Å²) in [7, 11) is 1.71. The van der Waals surface area contributed by atoms with Crippen molar-refractivity contribution >= 4 is 11.7 Å². The Morgan fingerprint density at radius 2 is 1.53 bits per heavy atom. The summed E-state index contributed by atoms with van der Waals surface area (Å²) in [6.45, 7) is 0.367. The second-order valence-electron chi connectivity index (χ2n) is 9.46. The van der Waals surface area contributed by atoms with E-state index < -0.39 is 0 Å². The molecule has 3 aromatic rings. The lowest BCUT2D eigenvalue weighted by Crippen LogP contribution is -2.51. The largest absolute Gasteiger partial charge is 0.496 e. The third kappa shape index (κ3) is 3.49. The van der Waals surface area contributed by atoms with Gasteiger partial charge in [0.1, 0.15) is 12.4 Å². The normalized spacial score (nSPS) is 20.9. The smallest absolute Gasteiger partial charge is 0.410 e. The van der Waals surface area contributed by atoms with Gasteiger partial charge in [0.05, 0.1) is 13.2 Å². The zero-order valence-corrected chi connectivity index (χ0v) is 19.4. The molecule has 3 aromatic carbocycles. The molecular formula is C30H29NO3. The lowest BCUT2D eigenvalue weighted by molar-refractivity contribution is 0.0539. The molecule has 0 radical (unpaired) electrons. The van der Waals surface area contributed by atoms with Crippen molar-refractivity contribution in [2.24, 2.45) is 0 Å². The Hall–Kier alpha value is -3.53. The van der Waals surface area contributed by atoms with E-state index in [1.807, 2.05) is 23.1 Å². The maximum atomic E-state index is 13.4. The van der Waals surface area contributed by atoms with Crippen LogP contribution in [-0.2, 0) is 4.74 Å². The van der Waals surface area contributed by atoms with Crippen molar-refractivity contribution in [1.82, 2.24) is 4.90 Å². The summed E-state index contributed by atoms with van der Waals surface area (Å²) in [5, 5.41) is 0. The first-order valence-corrected chi connectivity index (χ1v) is 12.2. The zero-order valence-electron chi connectivity index (χ0n) is 19.4. The van der Waals surface area contributed by atoms with Gasteiger partial charge < -0.3 is 9.47 Å². The zero-order chi connectivity index (χ0) is 23.1. The van der Waals surface area contributed by atoms with Crippen molar-refractivity contribution in [2.45, 2.75) is 43.7 Å². The number of hydrogen-bond acceptors (Lipinski definition) is 3. The van der Waals surface area contributed by atoms with Gasteiger partial charge in [-0.05, 0) is 59.6 Å². The predicted octanol–water partition coefficient (Wildman–Crippen LogP) is 6.65. The van der Waals surface area contributed by atoms with Gasteiger partial charge in [0.2, 0.25) is 0 Å². The summed E-state index contributed by atoms with van der Waals surface area (Å²) >= 11 is 0. The number of carbonyl (C=O) groups excluding carboxylic acids is 1. The molecule has 4 heteroatoms. The molecule has 1 saturated heterocycles. The minimum absolute atomic E-state index is 0.0723. The summed E-state index contributed by atoms with van der Waals surface area (Å²) < 4.78 is 11.6. The average Bonchev–Trinajstić information content (AvgIpc) is 3.20. The molecule has 4 nitrogen and oxygen atoms in total. The summed E-state index contributed by atoms with van der Waals surface area (Å²) in [4.78, 5) is 15.4. The van der Waals surface area contributed by atoms with Crippen LogP contribution in [0.3, 0.4) is 0 Å². The first-order valence-electron chi connectivity index (χ1n) is 12.2. The summed E-state index contributed by atoms with van der Waals surface area (Å²) in [5.41, 5.74) is 7.39. The van der Waals surface area contributed by atoms with Crippen molar-refractivity contribution in [2.75, 3.05) is 13.7 Å². The second kappa shape index (κ2) is 8.68. The highest BCUT2D eigenvalue weighted by Gasteiger charge is 2.39. The highest BCUT2D eigenvalue weighted by Crippen LogP contribution is 2.45. The molecule has 1 amide bonds. The summed E-state index contributed by atoms with van der Waals surface area (Å²) in [5.74, 6) is 0.974. The molecule has 2 bridgehead atoms. The van der Waals surface area contributed by atoms with E-state index >= 15 is 0 Å². The Balaban J connectivity index is 1.23. The number of piperidine rings is 1. The van der Waals surface area contributed by atoms with Crippen LogP contribution in [0, 0.1) is 0 Å². The molecule has 0 N–H and O–H groups in total. The first kappa shape index (κ1) is 21.0. The number of methoxy groups -OCH3 is 1. The molecule has 1 aliphatic carbocycles. The Bertz CT molecular complexity index is 1220. The Morgan fingerprint density at radius 3 is 2.21 bits per heavy atom. The van der Waals surface area contributed by atoms with E-state index in [9.17, 15) is 4.79 Å². The van der Waals surface area contributed by atoms with Crippen LogP contribution >= 0.6 is 0 Å². The van der Waals surface area contributed by atoms with Crippen LogP contribution in [0.4, 0.5) is 4.79 Å². The standard InChI is InChI=1S/C30H29NO3/c1-33-29-16-7-6-11-23(29)20-17-21-9-8-10-22(18-20)31(21)30(32)34-19-28-26-14-4-2-12-24(26)25-13-3-5-15-27(25)28/h2-7,11-17,21-22,28H,8-10,18-19H2,1H3. The molecule has 6 rings (SSSR count). The Kier molecular flexibility index (Phi) is 5.37. The molecule has 2 atom stereocenters. The molecule has 2 unspecified atom stereocenters. The van der Waals surface area contributed by atoms with E-state index in [1.54, 1.807) is 7.11 Å². The number of nitrogens with zero attached hydrogens (tertiary/aromatic N) is 1. The molecule has 0 spiro atoms. The van der Waals surface area contributed by atoms with Crippen LogP contribution < -0.4 is 4.74 Å². The quantitative estimate of drug-likeness (QED) is 0.445.